The third-order valence-corrected chi connectivity index (χ3v) is 4.65. The second kappa shape index (κ2) is 7.11. The highest BCUT2D eigenvalue weighted by molar-refractivity contribution is 5.51. The van der Waals surface area contributed by atoms with E-state index in [4.69, 9.17) is 4.74 Å². The van der Waals surface area contributed by atoms with E-state index < -0.39 is 0 Å². The van der Waals surface area contributed by atoms with E-state index in [0.717, 1.165) is 65.4 Å². The van der Waals surface area contributed by atoms with Crippen LogP contribution in [-0.2, 0) is 16.1 Å². The molecule has 2 aliphatic heterocycles. The van der Waals surface area contributed by atoms with Gasteiger partial charge in [-0.1, -0.05) is 6.07 Å². The van der Waals surface area contributed by atoms with E-state index in [1.165, 1.54) is 16.8 Å². The van der Waals surface area contributed by atoms with Crippen molar-refractivity contribution in [1.82, 2.24) is 9.80 Å². The summed E-state index contributed by atoms with van der Waals surface area (Å²) in [5.74, 6) is 0. The molecule has 1 amide bonds. The second-order valence-electron chi connectivity index (χ2n) is 6.13. The first kappa shape index (κ1) is 15.3. The third kappa shape index (κ3) is 3.59. The number of nitrogens with zero attached hydrogens (tertiary/aromatic N) is 3. The van der Waals surface area contributed by atoms with Gasteiger partial charge in [0.05, 0.1) is 13.2 Å². The van der Waals surface area contributed by atoms with Crippen molar-refractivity contribution in [2.24, 2.45) is 0 Å². The van der Waals surface area contributed by atoms with E-state index in [9.17, 15) is 4.79 Å². The molecule has 1 aromatic carbocycles. The Morgan fingerprint density at radius 1 is 1.09 bits per heavy atom. The highest BCUT2D eigenvalue weighted by Gasteiger charge is 2.17. The van der Waals surface area contributed by atoms with Gasteiger partial charge in [0.25, 0.3) is 0 Å². The van der Waals surface area contributed by atoms with E-state index in [1.54, 1.807) is 0 Å². The smallest absolute Gasteiger partial charge is 0.209 e. The van der Waals surface area contributed by atoms with Crippen LogP contribution in [0.25, 0.3) is 0 Å². The zero-order valence-electron chi connectivity index (χ0n) is 13.3. The zero-order chi connectivity index (χ0) is 15.4. The molecule has 2 aliphatic rings. The van der Waals surface area contributed by atoms with E-state index in [1.807, 2.05) is 4.90 Å². The summed E-state index contributed by atoms with van der Waals surface area (Å²) in [4.78, 5) is 17.4. The van der Waals surface area contributed by atoms with Gasteiger partial charge in [-0.2, -0.15) is 0 Å². The number of carbonyl (C=O) groups excluding carboxylic acids is 1. The van der Waals surface area contributed by atoms with Crippen LogP contribution in [0, 0.1) is 6.92 Å². The van der Waals surface area contributed by atoms with Crippen molar-refractivity contribution < 1.29 is 9.53 Å². The molecule has 0 unspecified atom stereocenters. The lowest BCUT2D eigenvalue weighted by Gasteiger charge is -2.33. The first-order valence-electron chi connectivity index (χ1n) is 8.10. The summed E-state index contributed by atoms with van der Waals surface area (Å²) < 4.78 is 5.42. The molecule has 0 N–H and O–H groups in total. The number of piperazine rings is 1. The molecular formula is C17H25N3O2. The van der Waals surface area contributed by atoms with Gasteiger partial charge < -0.3 is 14.5 Å². The van der Waals surface area contributed by atoms with Gasteiger partial charge in [0.2, 0.25) is 6.41 Å². The maximum Gasteiger partial charge on any atom is 0.209 e. The second-order valence-corrected chi connectivity index (χ2v) is 6.13. The maximum atomic E-state index is 10.8. The number of rotatable bonds is 4. The minimum absolute atomic E-state index is 0.821. The van der Waals surface area contributed by atoms with Gasteiger partial charge in [0.1, 0.15) is 0 Å². The van der Waals surface area contributed by atoms with Crippen LogP contribution in [0.3, 0.4) is 0 Å². The Bertz CT molecular complexity index is 507. The summed E-state index contributed by atoms with van der Waals surface area (Å²) in [6.07, 6.45) is 0.958. The molecule has 22 heavy (non-hydrogen) atoms. The van der Waals surface area contributed by atoms with E-state index in [2.05, 4.69) is 34.9 Å². The van der Waals surface area contributed by atoms with Crippen LogP contribution in [0.5, 0.6) is 0 Å². The SMILES string of the molecule is Cc1cc(N2CCOCC2)ccc1CN1CCN(C=O)CC1. The standard InChI is InChI=1S/C17H25N3O2/c1-15-12-17(20-8-10-22-11-9-20)3-2-16(15)13-18-4-6-19(14-21)7-5-18/h2-3,12,14H,4-11,13H2,1H3. The van der Waals surface area contributed by atoms with Gasteiger partial charge in [-0.25, -0.2) is 0 Å². The van der Waals surface area contributed by atoms with Gasteiger partial charge in [-0.15, -0.1) is 0 Å². The molecule has 0 aromatic heterocycles. The summed E-state index contributed by atoms with van der Waals surface area (Å²) in [5, 5.41) is 0. The number of benzene rings is 1. The quantitative estimate of drug-likeness (QED) is 0.781. The fraction of sp³-hybridized carbons (Fsp3) is 0.588. The molecule has 5 heteroatoms. The number of morpholine rings is 1. The number of aryl methyl sites for hydroxylation is 1. The van der Waals surface area contributed by atoms with Crippen molar-refractivity contribution in [3.8, 4) is 0 Å². The average Bonchev–Trinajstić information content (AvgIpc) is 2.58. The number of anilines is 1. The van der Waals surface area contributed by atoms with Gasteiger partial charge in [0.15, 0.2) is 0 Å². The van der Waals surface area contributed by atoms with Crippen molar-refractivity contribution in [3.05, 3.63) is 29.3 Å². The molecule has 1 aromatic rings. The van der Waals surface area contributed by atoms with Crippen LogP contribution >= 0.6 is 0 Å². The van der Waals surface area contributed by atoms with Crippen LogP contribution in [0.1, 0.15) is 11.1 Å². The van der Waals surface area contributed by atoms with Crippen molar-refractivity contribution in [2.75, 3.05) is 57.4 Å². The molecular weight excluding hydrogens is 278 g/mol. The lowest BCUT2D eigenvalue weighted by Crippen LogP contribution is -2.45. The predicted molar refractivity (Wildman–Crippen MR) is 87.1 cm³/mol. The molecule has 5 nitrogen and oxygen atoms in total. The lowest BCUT2D eigenvalue weighted by molar-refractivity contribution is -0.119. The predicted octanol–water partition coefficient (Wildman–Crippen LogP) is 1.11. The van der Waals surface area contributed by atoms with Crippen molar-refractivity contribution in [2.45, 2.75) is 13.5 Å². The van der Waals surface area contributed by atoms with Gasteiger partial charge in [0, 0.05) is 51.5 Å². The van der Waals surface area contributed by atoms with Crippen LogP contribution in [0.2, 0.25) is 0 Å². The monoisotopic (exact) mass is 303 g/mol. The summed E-state index contributed by atoms with van der Waals surface area (Å²) >= 11 is 0. The average molecular weight is 303 g/mol. The topological polar surface area (TPSA) is 36.0 Å². The summed E-state index contributed by atoms with van der Waals surface area (Å²) in [5.41, 5.74) is 4.04. The highest BCUT2D eigenvalue weighted by Crippen LogP contribution is 2.21. The number of amides is 1. The molecule has 2 saturated heterocycles. The Hall–Kier alpha value is -1.59. The molecule has 0 radical (unpaired) electrons. The van der Waals surface area contributed by atoms with E-state index >= 15 is 0 Å². The summed E-state index contributed by atoms with van der Waals surface area (Å²) in [6, 6.07) is 6.78. The van der Waals surface area contributed by atoms with Crippen LogP contribution in [0.4, 0.5) is 5.69 Å². The lowest BCUT2D eigenvalue weighted by atomic mass is 10.1. The van der Waals surface area contributed by atoms with Crippen molar-refractivity contribution in [3.63, 3.8) is 0 Å². The van der Waals surface area contributed by atoms with E-state index in [-0.39, 0.29) is 0 Å². The van der Waals surface area contributed by atoms with Gasteiger partial charge in [-0.05, 0) is 30.2 Å². The molecule has 3 rings (SSSR count). The Balaban J connectivity index is 1.61. The van der Waals surface area contributed by atoms with Crippen LogP contribution in [-0.4, -0.2) is 68.7 Å². The Morgan fingerprint density at radius 2 is 1.82 bits per heavy atom. The molecule has 2 heterocycles. The van der Waals surface area contributed by atoms with Gasteiger partial charge >= 0.3 is 0 Å². The zero-order valence-corrected chi connectivity index (χ0v) is 13.3. The fourth-order valence-electron chi connectivity index (χ4n) is 3.14. The molecule has 0 saturated carbocycles. The number of hydrogen-bond donors (Lipinski definition) is 0. The van der Waals surface area contributed by atoms with Crippen molar-refractivity contribution in [1.29, 1.82) is 0 Å². The summed E-state index contributed by atoms with van der Waals surface area (Å²) in [6.45, 7) is 10.4. The minimum Gasteiger partial charge on any atom is -0.378 e. The van der Waals surface area contributed by atoms with E-state index in [0.29, 0.717) is 0 Å². The maximum absolute atomic E-state index is 10.8. The minimum atomic E-state index is 0.821. The first-order chi connectivity index (χ1) is 10.8. The first-order valence-corrected chi connectivity index (χ1v) is 8.10. The number of carbonyl (C=O) groups is 1. The molecule has 0 spiro atoms. The molecule has 0 bridgehead atoms. The molecule has 2 fully saturated rings. The summed E-state index contributed by atoms with van der Waals surface area (Å²) in [7, 11) is 0. The largest absolute Gasteiger partial charge is 0.378 e. The van der Waals surface area contributed by atoms with Crippen molar-refractivity contribution >= 4 is 12.1 Å². The molecule has 0 aliphatic carbocycles. The normalized spacial score (nSPS) is 20.2. The fourth-order valence-corrected chi connectivity index (χ4v) is 3.14. The van der Waals surface area contributed by atoms with Crippen LogP contribution in [0.15, 0.2) is 18.2 Å². The number of ether oxygens (including phenoxy) is 1. The Kier molecular flexibility index (Phi) is 4.95. The highest BCUT2D eigenvalue weighted by atomic mass is 16.5. The Morgan fingerprint density at radius 3 is 2.45 bits per heavy atom. The third-order valence-electron chi connectivity index (χ3n) is 4.65. The van der Waals surface area contributed by atoms with Crippen LogP contribution < -0.4 is 4.90 Å². The number of hydrogen-bond acceptors (Lipinski definition) is 4. The molecule has 0 atom stereocenters. The van der Waals surface area contributed by atoms with Gasteiger partial charge in [-0.3, -0.25) is 9.69 Å². The Labute approximate surface area is 132 Å². The molecule has 120 valence electrons.